The minimum Gasteiger partial charge on any atom is -0.488 e. The van der Waals surface area contributed by atoms with Crippen molar-refractivity contribution in [3.05, 3.63) is 48.0 Å². The SMILES string of the molecule is Cc1cc(N=S(C)(=O)CCN2CCCC2)cc2ncnc(Nc3ccc(F)cc3OC3CCC(O)CC3)c12. The highest BCUT2D eigenvalue weighted by atomic mass is 32.2. The van der Waals surface area contributed by atoms with Gasteiger partial charge in [-0.3, -0.25) is 0 Å². The van der Waals surface area contributed by atoms with Crippen LogP contribution >= 0.6 is 0 Å². The summed E-state index contributed by atoms with van der Waals surface area (Å²) in [7, 11) is -2.39. The number of likely N-dealkylation sites (tertiary alicyclic amines) is 1. The van der Waals surface area contributed by atoms with Crippen molar-refractivity contribution in [2.75, 3.05) is 37.0 Å². The Kier molecular flexibility index (Phi) is 8.11. The molecule has 1 aliphatic heterocycles. The molecule has 204 valence electrons. The van der Waals surface area contributed by atoms with Gasteiger partial charge >= 0.3 is 0 Å². The fraction of sp³-hybridized carbons (Fsp3) is 0.500. The molecule has 1 unspecified atom stereocenters. The lowest BCUT2D eigenvalue weighted by atomic mass is 9.95. The Morgan fingerprint density at radius 3 is 2.68 bits per heavy atom. The minimum absolute atomic E-state index is 0.0804. The molecule has 2 aliphatic rings. The predicted octanol–water partition coefficient (Wildman–Crippen LogP) is 5.33. The molecule has 0 spiro atoms. The number of benzene rings is 2. The molecule has 1 atom stereocenters. The van der Waals surface area contributed by atoms with Gasteiger partial charge in [0.25, 0.3) is 0 Å². The van der Waals surface area contributed by atoms with Crippen LogP contribution in [0, 0.1) is 12.7 Å². The van der Waals surface area contributed by atoms with Gasteiger partial charge in [-0.25, -0.2) is 18.6 Å². The van der Waals surface area contributed by atoms with Crippen LogP contribution in [0.25, 0.3) is 10.9 Å². The molecule has 10 heteroatoms. The minimum atomic E-state index is -2.39. The Balaban J connectivity index is 1.39. The van der Waals surface area contributed by atoms with Crippen molar-refractivity contribution in [3.8, 4) is 5.75 Å². The van der Waals surface area contributed by atoms with Crippen LogP contribution in [0.3, 0.4) is 0 Å². The smallest absolute Gasteiger partial charge is 0.146 e. The van der Waals surface area contributed by atoms with Crippen LogP contribution < -0.4 is 10.1 Å². The summed E-state index contributed by atoms with van der Waals surface area (Å²) in [6.45, 7) is 4.89. The van der Waals surface area contributed by atoms with Gasteiger partial charge in [-0.15, -0.1) is 0 Å². The maximum Gasteiger partial charge on any atom is 0.146 e. The number of aromatic nitrogens is 2. The van der Waals surface area contributed by atoms with Crippen molar-refractivity contribution in [2.45, 2.75) is 57.7 Å². The van der Waals surface area contributed by atoms with Gasteiger partial charge in [0.05, 0.1) is 29.1 Å². The Morgan fingerprint density at radius 2 is 1.92 bits per heavy atom. The van der Waals surface area contributed by atoms with Gasteiger partial charge < -0.3 is 20.1 Å². The zero-order chi connectivity index (χ0) is 26.7. The van der Waals surface area contributed by atoms with Gasteiger partial charge in [-0.1, -0.05) is 0 Å². The molecule has 2 fully saturated rings. The Bertz CT molecular complexity index is 1410. The van der Waals surface area contributed by atoms with Gasteiger partial charge in [0, 0.05) is 39.7 Å². The number of anilines is 2. The first-order valence-corrected chi connectivity index (χ1v) is 15.4. The molecule has 0 bridgehead atoms. The Morgan fingerprint density at radius 1 is 1.16 bits per heavy atom. The highest BCUT2D eigenvalue weighted by Gasteiger charge is 2.22. The van der Waals surface area contributed by atoms with Crippen LogP contribution in [0.5, 0.6) is 5.75 Å². The number of rotatable bonds is 8. The van der Waals surface area contributed by atoms with Crippen molar-refractivity contribution in [3.63, 3.8) is 0 Å². The average Bonchev–Trinajstić information content (AvgIpc) is 3.39. The molecule has 1 saturated carbocycles. The van der Waals surface area contributed by atoms with Crippen molar-refractivity contribution >= 4 is 37.8 Å². The van der Waals surface area contributed by atoms with E-state index in [1.165, 1.54) is 31.3 Å². The third-order valence-electron chi connectivity index (χ3n) is 7.34. The molecular formula is C28H36FN5O3S. The van der Waals surface area contributed by atoms with E-state index in [0.29, 0.717) is 47.1 Å². The topological polar surface area (TPSA) is 99.9 Å². The number of hydrogen-bond acceptors (Lipinski definition) is 8. The summed E-state index contributed by atoms with van der Waals surface area (Å²) in [5, 5.41) is 13.9. The zero-order valence-corrected chi connectivity index (χ0v) is 22.8. The van der Waals surface area contributed by atoms with Crippen molar-refractivity contribution in [1.29, 1.82) is 0 Å². The van der Waals surface area contributed by atoms with Gasteiger partial charge in [0.2, 0.25) is 0 Å². The number of hydrogen-bond donors (Lipinski definition) is 2. The van der Waals surface area contributed by atoms with Crippen LogP contribution in [-0.4, -0.2) is 68.0 Å². The number of nitrogens with one attached hydrogen (secondary N) is 1. The summed E-state index contributed by atoms with van der Waals surface area (Å²) in [6, 6.07) is 8.14. The molecule has 1 aliphatic carbocycles. The third-order valence-corrected chi connectivity index (χ3v) is 8.87. The second-order valence-electron chi connectivity index (χ2n) is 10.5. The van der Waals surface area contributed by atoms with E-state index in [9.17, 15) is 13.7 Å². The van der Waals surface area contributed by atoms with Crippen LogP contribution in [0.1, 0.15) is 44.1 Å². The second-order valence-corrected chi connectivity index (χ2v) is 13.0. The number of halogens is 1. The van der Waals surface area contributed by atoms with Gasteiger partial charge in [0.15, 0.2) is 0 Å². The van der Waals surface area contributed by atoms with E-state index in [4.69, 9.17) is 4.74 Å². The normalized spacial score (nSPS) is 21.8. The molecular weight excluding hydrogens is 505 g/mol. The zero-order valence-electron chi connectivity index (χ0n) is 22.0. The highest BCUT2D eigenvalue weighted by molar-refractivity contribution is 7.93. The van der Waals surface area contributed by atoms with E-state index in [2.05, 4.69) is 24.5 Å². The molecule has 0 amide bonds. The van der Waals surface area contributed by atoms with E-state index < -0.39 is 9.73 Å². The first-order valence-electron chi connectivity index (χ1n) is 13.3. The van der Waals surface area contributed by atoms with Crippen LogP contribution in [0.2, 0.25) is 0 Å². The summed E-state index contributed by atoms with van der Waals surface area (Å²) in [5.74, 6) is 1.13. The first kappa shape index (κ1) is 26.8. The monoisotopic (exact) mass is 541 g/mol. The number of fused-ring (bicyclic) bond motifs is 1. The highest BCUT2D eigenvalue weighted by Crippen LogP contribution is 2.35. The van der Waals surface area contributed by atoms with E-state index in [1.54, 1.807) is 12.3 Å². The molecule has 2 N–H and O–H groups in total. The molecule has 38 heavy (non-hydrogen) atoms. The van der Waals surface area contributed by atoms with Crippen LogP contribution in [0.4, 0.5) is 21.6 Å². The summed E-state index contributed by atoms with van der Waals surface area (Å²) in [5.41, 5.74) is 2.81. The summed E-state index contributed by atoms with van der Waals surface area (Å²) in [4.78, 5) is 11.3. The van der Waals surface area contributed by atoms with Gasteiger partial charge in [-0.2, -0.15) is 4.36 Å². The lowest BCUT2D eigenvalue weighted by Crippen LogP contribution is -2.26. The summed E-state index contributed by atoms with van der Waals surface area (Å²) < 4.78 is 38.1. The van der Waals surface area contributed by atoms with E-state index in [-0.39, 0.29) is 18.0 Å². The second kappa shape index (κ2) is 11.5. The molecule has 5 rings (SSSR count). The molecule has 3 aromatic rings. The average molecular weight is 542 g/mol. The molecule has 1 saturated heterocycles. The van der Waals surface area contributed by atoms with E-state index >= 15 is 0 Å². The third kappa shape index (κ3) is 6.59. The molecule has 2 heterocycles. The fourth-order valence-electron chi connectivity index (χ4n) is 5.26. The lowest BCUT2D eigenvalue weighted by molar-refractivity contribution is 0.0668. The standard InChI is InChI=1S/C28H36FN5O3S/c1-19-15-21(33-38(2,36)14-13-34-11-3-4-12-34)17-25-27(19)28(31-18-30-25)32-24-10-5-20(29)16-26(24)37-23-8-6-22(35)7-9-23/h5,10,15-18,22-23,35H,3-4,6-9,11-14H2,1-2H3,(H,30,31,32). The van der Waals surface area contributed by atoms with Crippen molar-refractivity contribution in [1.82, 2.24) is 14.9 Å². The maximum atomic E-state index is 14.1. The van der Waals surface area contributed by atoms with Crippen molar-refractivity contribution in [2.24, 2.45) is 4.36 Å². The van der Waals surface area contributed by atoms with Gasteiger partial charge in [0.1, 0.15) is 23.7 Å². The molecule has 2 aromatic carbocycles. The quantitative estimate of drug-likeness (QED) is 0.398. The number of aliphatic hydroxyl groups is 1. The van der Waals surface area contributed by atoms with E-state index in [1.807, 2.05) is 19.1 Å². The largest absolute Gasteiger partial charge is 0.488 e. The van der Waals surface area contributed by atoms with Crippen molar-refractivity contribution < 1.29 is 18.4 Å². The van der Waals surface area contributed by atoms with Crippen LogP contribution in [-0.2, 0) is 9.73 Å². The molecule has 8 nitrogen and oxygen atoms in total. The summed E-state index contributed by atoms with van der Waals surface area (Å²) in [6.07, 6.45) is 8.02. The van der Waals surface area contributed by atoms with E-state index in [0.717, 1.165) is 43.4 Å². The molecule has 1 aromatic heterocycles. The Labute approximate surface area is 223 Å². The maximum absolute atomic E-state index is 14.1. The predicted molar refractivity (Wildman–Crippen MR) is 150 cm³/mol. The first-order chi connectivity index (χ1) is 18.3. The number of ether oxygens (including phenoxy) is 1. The number of nitrogens with zero attached hydrogens (tertiary/aromatic N) is 4. The number of aryl methyl sites for hydroxylation is 1. The summed E-state index contributed by atoms with van der Waals surface area (Å²) >= 11 is 0. The molecule has 0 radical (unpaired) electrons. The lowest BCUT2D eigenvalue weighted by Gasteiger charge is -2.27. The number of aliphatic hydroxyl groups excluding tert-OH is 1. The van der Waals surface area contributed by atoms with Crippen LogP contribution in [0.15, 0.2) is 41.0 Å². The van der Waals surface area contributed by atoms with Gasteiger partial charge in [-0.05, 0) is 88.4 Å². The Hall–Kier alpha value is -2.82. The fourth-order valence-corrected chi connectivity index (χ4v) is 6.50.